The number of nitrogens with zero attached hydrogens (tertiary/aromatic N) is 2. The van der Waals surface area contributed by atoms with Crippen LogP contribution in [0, 0.1) is 5.92 Å². The zero-order valence-electron chi connectivity index (χ0n) is 18.9. The first-order valence-corrected chi connectivity index (χ1v) is 11.7. The van der Waals surface area contributed by atoms with Gasteiger partial charge in [-0.05, 0) is 59.4 Å². The Kier molecular flexibility index (Phi) is 7.60. The Bertz CT molecular complexity index is 634. The van der Waals surface area contributed by atoms with Crippen LogP contribution in [0.4, 0.5) is 4.79 Å². The molecule has 30 heavy (non-hydrogen) atoms. The van der Waals surface area contributed by atoms with Gasteiger partial charge in [-0.15, -0.1) is 0 Å². The predicted molar refractivity (Wildman–Crippen MR) is 116 cm³/mol. The third-order valence-electron chi connectivity index (χ3n) is 7.04. The lowest BCUT2D eigenvalue weighted by atomic mass is 9.83. The number of likely N-dealkylation sites (N-methyl/N-ethyl adjacent to an activating group) is 1. The summed E-state index contributed by atoms with van der Waals surface area (Å²) in [5.74, 6) is 0.110. The second-order valence-corrected chi connectivity index (χ2v) is 9.44. The van der Waals surface area contributed by atoms with Gasteiger partial charge in [0, 0.05) is 19.1 Å². The molecule has 3 aliphatic rings. The summed E-state index contributed by atoms with van der Waals surface area (Å²) >= 11 is 0. The van der Waals surface area contributed by atoms with Gasteiger partial charge in [-0.3, -0.25) is 9.59 Å². The fourth-order valence-electron chi connectivity index (χ4n) is 5.28. The Labute approximate surface area is 180 Å². The molecule has 0 spiro atoms. The minimum absolute atomic E-state index is 0.0354. The van der Waals surface area contributed by atoms with Crippen LogP contribution in [0.3, 0.4) is 0 Å². The topological polar surface area (TPSA) is 93.8 Å². The average molecular weight is 422 g/mol. The molecule has 0 aromatic rings. The summed E-state index contributed by atoms with van der Waals surface area (Å²) in [6, 6.07) is -0.614. The lowest BCUT2D eigenvalue weighted by Gasteiger charge is -2.35. The molecule has 170 valence electrons. The standard InChI is InChI=1S/C22H39N5O3/c1-14(2)24-22(30)27-13-11-17-18(27)10-12-26(17)21(29)19(16-8-6-5-7-9-16)25-20(28)15(3)23-4/h14-19,23H,5-13H2,1-4H3,(H,24,30)(H,25,28)/t15-,17?,18?,19?/m0/s1. The third kappa shape index (κ3) is 4.90. The van der Waals surface area contributed by atoms with Crippen molar-refractivity contribution in [2.45, 2.75) is 95.9 Å². The monoisotopic (exact) mass is 421 g/mol. The van der Waals surface area contributed by atoms with E-state index in [4.69, 9.17) is 0 Å². The van der Waals surface area contributed by atoms with Gasteiger partial charge >= 0.3 is 6.03 Å². The van der Waals surface area contributed by atoms with Gasteiger partial charge in [-0.25, -0.2) is 4.79 Å². The zero-order chi connectivity index (χ0) is 21.8. The molecular formula is C22H39N5O3. The summed E-state index contributed by atoms with van der Waals surface area (Å²) in [5, 5.41) is 9.01. The van der Waals surface area contributed by atoms with E-state index in [1.54, 1.807) is 7.05 Å². The molecule has 4 atom stereocenters. The van der Waals surface area contributed by atoms with Crippen LogP contribution in [-0.4, -0.2) is 78.0 Å². The first-order chi connectivity index (χ1) is 14.3. The number of amides is 4. The van der Waals surface area contributed by atoms with E-state index in [9.17, 15) is 14.4 Å². The highest BCUT2D eigenvalue weighted by atomic mass is 16.2. The van der Waals surface area contributed by atoms with Crippen LogP contribution >= 0.6 is 0 Å². The number of likely N-dealkylation sites (tertiary alicyclic amines) is 2. The number of fused-ring (bicyclic) bond motifs is 1. The summed E-state index contributed by atoms with van der Waals surface area (Å²) in [6.45, 7) is 7.06. The van der Waals surface area contributed by atoms with Gasteiger partial charge in [0.2, 0.25) is 11.8 Å². The molecule has 0 aromatic heterocycles. The van der Waals surface area contributed by atoms with E-state index in [-0.39, 0.29) is 47.9 Å². The van der Waals surface area contributed by atoms with Gasteiger partial charge in [0.25, 0.3) is 0 Å². The van der Waals surface area contributed by atoms with Crippen molar-refractivity contribution in [1.82, 2.24) is 25.8 Å². The van der Waals surface area contributed by atoms with E-state index in [1.165, 1.54) is 6.42 Å². The van der Waals surface area contributed by atoms with Gasteiger partial charge in [0.1, 0.15) is 6.04 Å². The number of hydrogen-bond donors (Lipinski definition) is 3. The highest BCUT2D eigenvalue weighted by molar-refractivity contribution is 5.90. The number of carbonyl (C=O) groups is 3. The summed E-state index contributed by atoms with van der Waals surface area (Å²) in [4.78, 5) is 42.7. The molecule has 4 amide bonds. The van der Waals surface area contributed by atoms with Gasteiger partial charge in [0.05, 0.1) is 18.1 Å². The quantitative estimate of drug-likeness (QED) is 0.605. The number of nitrogens with one attached hydrogen (secondary N) is 3. The van der Waals surface area contributed by atoms with Gasteiger partial charge < -0.3 is 25.8 Å². The van der Waals surface area contributed by atoms with Crippen molar-refractivity contribution < 1.29 is 14.4 Å². The molecule has 0 radical (unpaired) electrons. The molecule has 3 rings (SSSR count). The van der Waals surface area contributed by atoms with Crippen LogP contribution in [0.1, 0.15) is 65.7 Å². The first-order valence-electron chi connectivity index (χ1n) is 11.7. The van der Waals surface area contributed by atoms with Crippen LogP contribution in [0.2, 0.25) is 0 Å². The molecule has 8 nitrogen and oxygen atoms in total. The van der Waals surface area contributed by atoms with Gasteiger partial charge in [0.15, 0.2) is 0 Å². The summed E-state index contributed by atoms with van der Waals surface area (Å²) < 4.78 is 0. The molecule has 3 N–H and O–H groups in total. The van der Waals surface area contributed by atoms with Crippen molar-refractivity contribution >= 4 is 17.8 Å². The lowest BCUT2D eigenvalue weighted by Crippen LogP contribution is -2.57. The molecule has 2 saturated heterocycles. The lowest BCUT2D eigenvalue weighted by molar-refractivity contribution is -0.139. The van der Waals surface area contributed by atoms with Crippen LogP contribution in [0.15, 0.2) is 0 Å². The molecule has 0 bridgehead atoms. The summed E-state index contributed by atoms with van der Waals surface area (Å²) in [7, 11) is 1.75. The maximum absolute atomic E-state index is 13.7. The van der Waals surface area contributed by atoms with Crippen molar-refractivity contribution in [2.24, 2.45) is 5.92 Å². The molecule has 8 heteroatoms. The van der Waals surface area contributed by atoms with Gasteiger partial charge in [-0.1, -0.05) is 19.3 Å². The summed E-state index contributed by atoms with van der Waals surface area (Å²) in [6.07, 6.45) is 7.00. The van der Waals surface area contributed by atoms with Crippen LogP contribution in [0.5, 0.6) is 0 Å². The molecule has 2 aliphatic heterocycles. The molecule has 2 heterocycles. The maximum atomic E-state index is 13.7. The number of rotatable bonds is 6. The number of carbonyl (C=O) groups excluding carboxylic acids is 3. The molecule has 0 aromatic carbocycles. The smallest absolute Gasteiger partial charge is 0.317 e. The van der Waals surface area contributed by atoms with Crippen molar-refractivity contribution in [3.05, 3.63) is 0 Å². The van der Waals surface area contributed by atoms with Gasteiger partial charge in [-0.2, -0.15) is 0 Å². The normalized spacial score (nSPS) is 26.4. The Balaban J connectivity index is 1.71. The van der Waals surface area contributed by atoms with Crippen LogP contribution in [0.25, 0.3) is 0 Å². The largest absolute Gasteiger partial charge is 0.343 e. The van der Waals surface area contributed by atoms with Crippen LogP contribution < -0.4 is 16.0 Å². The minimum atomic E-state index is -0.467. The Hall–Kier alpha value is -1.83. The molecule has 3 unspecified atom stereocenters. The highest BCUT2D eigenvalue weighted by Crippen LogP contribution is 2.34. The predicted octanol–water partition coefficient (Wildman–Crippen LogP) is 1.45. The van der Waals surface area contributed by atoms with Crippen molar-refractivity contribution in [3.8, 4) is 0 Å². The van der Waals surface area contributed by atoms with Crippen LogP contribution in [-0.2, 0) is 9.59 Å². The van der Waals surface area contributed by atoms with Crippen molar-refractivity contribution in [1.29, 1.82) is 0 Å². The van der Waals surface area contributed by atoms with Crippen molar-refractivity contribution in [3.63, 3.8) is 0 Å². The Morgan fingerprint density at radius 2 is 1.43 bits per heavy atom. The van der Waals surface area contributed by atoms with E-state index in [2.05, 4.69) is 16.0 Å². The van der Waals surface area contributed by atoms with Crippen molar-refractivity contribution in [2.75, 3.05) is 20.1 Å². The Morgan fingerprint density at radius 3 is 2.03 bits per heavy atom. The molecule has 1 aliphatic carbocycles. The second-order valence-electron chi connectivity index (χ2n) is 9.44. The number of urea groups is 1. The average Bonchev–Trinajstić information content (AvgIpc) is 3.33. The third-order valence-corrected chi connectivity index (χ3v) is 7.04. The second kappa shape index (κ2) is 9.98. The fourth-order valence-corrected chi connectivity index (χ4v) is 5.28. The Morgan fingerprint density at radius 1 is 0.833 bits per heavy atom. The molecule has 1 saturated carbocycles. The highest BCUT2D eigenvalue weighted by Gasteiger charge is 2.48. The fraction of sp³-hybridized carbons (Fsp3) is 0.864. The SMILES string of the molecule is CN[C@@H](C)C(=O)NC(C(=O)N1CCC2C1CCN2C(=O)NC(C)C)C1CCCCC1. The number of hydrogen-bond acceptors (Lipinski definition) is 4. The first kappa shape index (κ1) is 22.8. The van der Waals surface area contributed by atoms with E-state index >= 15 is 0 Å². The molecule has 3 fully saturated rings. The van der Waals surface area contributed by atoms with E-state index < -0.39 is 6.04 Å². The van der Waals surface area contributed by atoms with E-state index in [0.717, 1.165) is 38.5 Å². The summed E-state index contributed by atoms with van der Waals surface area (Å²) in [5.41, 5.74) is 0. The van der Waals surface area contributed by atoms with E-state index in [1.807, 2.05) is 30.6 Å². The molecular weight excluding hydrogens is 382 g/mol. The maximum Gasteiger partial charge on any atom is 0.317 e. The van der Waals surface area contributed by atoms with E-state index in [0.29, 0.717) is 13.1 Å². The zero-order valence-corrected chi connectivity index (χ0v) is 18.9. The minimum Gasteiger partial charge on any atom is -0.343 e.